The number of rotatable bonds is 4. The lowest BCUT2D eigenvalue weighted by atomic mass is 10.1. The van der Waals surface area contributed by atoms with Crippen molar-refractivity contribution in [3.05, 3.63) is 60.7 Å². The van der Waals surface area contributed by atoms with Crippen molar-refractivity contribution >= 4 is 28.1 Å². The summed E-state index contributed by atoms with van der Waals surface area (Å²) >= 11 is 0. The fraction of sp³-hybridized carbons (Fsp3) is 0.190. The molecule has 0 radical (unpaired) electrons. The average molecular weight is 405 g/mol. The molecule has 0 atom stereocenters. The van der Waals surface area contributed by atoms with E-state index in [-0.39, 0.29) is 5.82 Å². The number of nitrogens with one attached hydrogen (secondary N) is 1. The van der Waals surface area contributed by atoms with E-state index in [9.17, 15) is 4.39 Å². The number of aromatic nitrogens is 4. The molecule has 8 nitrogen and oxygen atoms in total. The largest absolute Gasteiger partial charge is 0.378 e. The Hall–Kier alpha value is -3.56. The van der Waals surface area contributed by atoms with Gasteiger partial charge in [0.25, 0.3) is 0 Å². The first-order chi connectivity index (χ1) is 14.7. The Morgan fingerprint density at radius 1 is 1.07 bits per heavy atom. The Balaban J connectivity index is 1.71. The van der Waals surface area contributed by atoms with Gasteiger partial charge in [0.05, 0.1) is 30.3 Å². The molecule has 1 aliphatic rings. The number of pyridine rings is 2. The Morgan fingerprint density at radius 2 is 1.87 bits per heavy atom. The number of benzene rings is 1. The third kappa shape index (κ3) is 3.34. The minimum absolute atomic E-state index is 0.313. The van der Waals surface area contributed by atoms with Crippen molar-refractivity contribution in [2.75, 3.05) is 36.2 Å². The zero-order chi connectivity index (χ0) is 20.5. The van der Waals surface area contributed by atoms with E-state index >= 15 is 0 Å². The molecule has 1 saturated heterocycles. The number of hydrogen-bond donors (Lipinski definition) is 2. The van der Waals surface area contributed by atoms with E-state index in [1.807, 2.05) is 18.2 Å². The summed E-state index contributed by atoms with van der Waals surface area (Å²) in [5.74, 6) is 6.97. The number of anilines is 3. The minimum atomic E-state index is -0.313. The van der Waals surface area contributed by atoms with Crippen molar-refractivity contribution in [2.24, 2.45) is 5.84 Å². The highest BCUT2D eigenvalue weighted by Gasteiger charge is 2.20. The summed E-state index contributed by atoms with van der Waals surface area (Å²) in [4.78, 5) is 11.6. The molecule has 4 heterocycles. The number of H-pyrrole nitrogens is 1. The summed E-state index contributed by atoms with van der Waals surface area (Å²) in [7, 11) is 0. The van der Waals surface area contributed by atoms with E-state index in [0.717, 1.165) is 35.7 Å². The van der Waals surface area contributed by atoms with Crippen LogP contribution in [0.5, 0.6) is 0 Å². The number of aromatic amines is 1. The molecular weight excluding hydrogens is 385 g/mol. The van der Waals surface area contributed by atoms with E-state index in [2.05, 4.69) is 20.1 Å². The fourth-order valence-electron chi connectivity index (χ4n) is 3.60. The van der Waals surface area contributed by atoms with Crippen molar-refractivity contribution in [2.45, 2.75) is 0 Å². The number of nitrogens with two attached hydrogens (primary N) is 1. The van der Waals surface area contributed by atoms with Crippen LogP contribution in [0.15, 0.2) is 54.9 Å². The molecule has 0 bridgehead atoms. The van der Waals surface area contributed by atoms with Crippen LogP contribution < -0.4 is 15.8 Å². The van der Waals surface area contributed by atoms with Crippen molar-refractivity contribution in [1.82, 2.24) is 20.2 Å². The van der Waals surface area contributed by atoms with Gasteiger partial charge < -0.3 is 9.64 Å². The molecule has 1 aliphatic heterocycles. The van der Waals surface area contributed by atoms with Gasteiger partial charge in [-0.15, -0.1) is 0 Å². The van der Waals surface area contributed by atoms with E-state index in [1.54, 1.807) is 29.5 Å². The molecular formula is C21H20FN7O. The molecule has 1 aromatic carbocycles. The predicted octanol–water partition coefficient (Wildman–Crippen LogP) is 3.01. The maximum Gasteiger partial charge on any atom is 0.131 e. The van der Waals surface area contributed by atoms with Gasteiger partial charge in [0.2, 0.25) is 0 Å². The predicted molar refractivity (Wildman–Crippen MR) is 113 cm³/mol. The lowest BCUT2D eigenvalue weighted by Crippen LogP contribution is -2.37. The topological polar surface area (TPSA) is 96.2 Å². The molecule has 5 rings (SSSR count). The summed E-state index contributed by atoms with van der Waals surface area (Å²) in [6.45, 7) is 2.75. The molecule has 3 aromatic heterocycles. The Labute approximate surface area is 172 Å². The second-order valence-electron chi connectivity index (χ2n) is 6.97. The average Bonchev–Trinajstić information content (AvgIpc) is 3.33. The first-order valence-electron chi connectivity index (χ1n) is 9.63. The smallest absolute Gasteiger partial charge is 0.131 e. The molecule has 30 heavy (non-hydrogen) atoms. The number of morpholine rings is 1. The van der Waals surface area contributed by atoms with Gasteiger partial charge >= 0.3 is 0 Å². The number of ether oxygens (including phenoxy) is 1. The highest BCUT2D eigenvalue weighted by molar-refractivity contribution is 6.01. The summed E-state index contributed by atoms with van der Waals surface area (Å²) in [5.41, 5.74) is 3.57. The highest BCUT2D eigenvalue weighted by atomic mass is 19.1. The highest BCUT2D eigenvalue weighted by Crippen LogP contribution is 2.35. The Morgan fingerprint density at radius 3 is 2.60 bits per heavy atom. The van der Waals surface area contributed by atoms with Crippen molar-refractivity contribution < 1.29 is 9.13 Å². The zero-order valence-electron chi connectivity index (χ0n) is 16.1. The van der Waals surface area contributed by atoms with E-state index in [4.69, 9.17) is 15.6 Å². The second kappa shape index (κ2) is 7.69. The lowest BCUT2D eigenvalue weighted by Gasteiger charge is -2.30. The van der Waals surface area contributed by atoms with Crippen molar-refractivity contribution in [3.8, 4) is 11.4 Å². The standard InChI is InChI=1S/C21H20FN7O/c22-14-1-3-15(4-2-14)29(23)18-13-19(28-9-11-30-12-10-28)26-20-16(18)5-7-24-21(20)17-6-8-25-27-17/h1-8,13H,9-12,23H2,(H,25,27). The quantitative estimate of drug-likeness (QED) is 0.398. The van der Waals surface area contributed by atoms with Crippen LogP contribution in [-0.4, -0.2) is 46.5 Å². The third-order valence-electron chi connectivity index (χ3n) is 5.15. The van der Waals surface area contributed by atoms with Gasteiger partial charge in [-0.2, -0.15) is 5.10 Å². The van der Waals surface area contributed by atoms with Crippen molar-refractivity contribution in [1.29, 1.82) is 0 Å². The molecule has 9 heteroatoms. The molecule has 4 aromatic rings. The van der Waals surface area contributed by atoms with Gasteiger partial charge in [0.1, 0.15) is 22.8 Å². The van der Waals surface area contributed by atoms with Gasteiger partial charge in [0.15, 0.2) is 0 Å². The zero-order valence-corrected chi connectivity index (χ0v) is 16.1. The number of hydrogen-bond acceptors (Lipinski definition) is 7. The molecule has 3 N–H and O–H groups in total. The first kappa shape index (κ1) is 18.5. The van der Waals surface area contributed by atoms with Gasteiger partial charge in [0, 0.05) is 36.9 Å². The first-order valence-corrected chi connectivity index (χ1v) is 9.63. The monoisotopic (exact) mass is 405 g/mol. The number of hydrazine groups is 1. The summed E-state index contributed by atoms with van der Waals surface area (Å²) < 4.78 is 18.9. The van der Waals surface area contributed by atoms with Crippen molar-refractivity contribution in [3.63, 3.8) is 0 Å². The lowest BCUT2D eigenvalue weighted by molar-refractivity contribution is 0.122. The van der Waals surface area contributed by atoms with Crippen LogP contribution in [0.2, 0.25) is 0 Å². The molecule has 0 spiro atoms. The maximum absolute atomic E-state index is 13.4. The minimum Gasteiger partial charge on any atom is -0.378 e. The summed E-state index contributed by atoms with van der Waals surface area (Å²) in [6.07, 6.45) is 3.40. The molecule has 1 fully saturated rings. The summed E-state index contributed by atoms with van der Waals surface area (Å²) in [5, 5.41) is 9.38. The third-order valence-corrected chi connectivity index (χ3v) is 5.15. The molecule has 0 amide bonds. The molecule has 0 saturated carbocycles. The van der Waals surface area contributed by atoms with Crippen LogP contribution in [0.4, 0.5) is 21.6 Å². The Bertz CT molecular complexity index is 1160. The summed E-state index contributed by atoms with van der Waals surface area (Å²) in [6, 6.07) is 11.8. The SMILES string of the molecule is NN(c1ccc(F)cc1)c1cc(N2CCOCC2)nc2c(-c3ccn[nH]3)nccc12. The van der Waals surface area contributed by atoms with Crippen LogP contribution in [0.25, 0.3) is 22.3 Å². The van der Waals surface area contributed by atoms with E-state index < -0.39 is 0 Å². The maximum atomic E-state index is 13.4. The Kier molecular flexibility index (Phi) is 4.74. The van der Waals surface area contributed by atoms with Gasteiger partial charge in [-0.05, 0) is 36.4 Å². The number of fused-ring (bicyclic) bond motifs is 1. The number of nitrogens with zero attached hydrogens (tertiary/aromatic N) is 5. The van der Waals surface area contributed by atoms with Crippen LogP contribution >= 0.6 is 0 Å². The number of halogens is 1. The normalized spacial score (nSPS) is 14.3. The van der Waals surface area contributed by atoms with Crippen LogP contribution in [0, 0.1) is 5.82 Å². The van der Waals surface area contributed by atoms with Gasteiger partial charge in [-0.3, -0.25) is 15.1 Å². The second-order valence-corrected chi connectivity index (χ2v) is 6.97. The molecule has 0 unspecified atom stereocenters. The van der Waals surface area contributed by atoms with Crippen LogP contribution in [0.3, 0.4) is 0 Å². The van der Waals surface area contributed by atoms with Crippen LogP contribution in [0.1, 0.15) is 0 Å². The van der Waals surface area contributed by atoms with Gasteiger partial charge in [-0.1, -0.05) is 0 Å². The fourth-order valence-corrected chi connectivity index (χ4v) is 3.60. The molecule has 152 valence electrons. The molecule has 0 aliphatic carbocycles. The van der Waals surface area contributed by atoms with Crippen LogP contribution in [-0.2, 0) is 4.74 Å². The van der Waals surface area contributed by atoms with E-state index in [0.29, 0.717) is 30.1 Å². The van der Waals surface area contributed by atoms with E-state index in [1.165, 1.54) is 12.1 Å². The van der Waals surface area contributed by atoms with Gasteiger partial charge in [-0.25, -0.2) is 15.2 Å².